The van der Waals surface area contributed by atoms with Gasteiger partial charge in [-0.3, -0.25) is 9.36 Å². The third-order valence-corrected chi connectivity index (χ3v) is 2.63. The third kappa shape index (κ3) is 2.72. The molecule has 1 heterocycles. The van der Waals surface area contributed by atoms with E-state index in [9.17, 15) is 4.79 Å². The Kier molecular flexibility index (Phi) is 3.69. The number of hydrogen-bond donors (Lipinski definition) is 2. The highest BCUT2D eigenvalue weighted by Crippen LogP contribution is 2.14. The zero-order valence-corrected chi connectivity index (χ0v) is 10.1. The number of anilines is 1. The van der Waals surface area contributed by atoms with Crippen LogP contribution in [0.2, 0.25) is 0 Å². The minimum absolute atomic E-state index is 0.0848. The smallest absolute Gasteiger partial charge is 0.228 e. The molecule has 1 unspecified atom stereocenters. The fraction of sp³-hybridized carbons (Fsp3) is 0.250. The minimum atomic E-state index is -0.205. The third-order valence-electron chi connectivity index (χ3n) is 2.63. The van der Waals surface area contributed by atoms with Gasteiger partial charge in [-0.05, 0) is 18.2 Å². The van der Waals surface area contributed by atoms with Crippen LogP contribution in [0, 0.1) is 5.92 Å². The van der Waals surface area contributed by atoms with E-state index in [0.29, 0.717) is 6.54 Å². The van der Waals surface area contributed by atoms with Crippen molar-refractivity contribution in [2.45, 2.75) is 6.92 Å². The highest BCUT2D eigenvalue weighted by Gasteiger charge is 2.10. The summed E-state index contributed by atoms with van der Waals surface area (Å²) in [5, 5.41) is 10.3. The molecule has 1 aromatic carbocycles. The van der Waals surface area contributed by atoms with Gasteiger partial charge in [0, 0.05) is 18.2 Å². The van der Waals surface area contributed by atoms with Crippen molar-refractivity contribution in [3.8, 4) is 5.69 Å². The highest BCUT2D eigenvalue weighted by atomic mass is 16.1. The zero-order chi connectivity index (χ0) is 13.0. The Hall–Kier alpha value is -2.21. The molecule has 0 aliphatic rings. The zero-order valence-electron chi connectivity index (χ0n) is 10.1. The monoisotopic (exact) mass is 245 g/mol. The Morgan fingerprint density at radius 1 is 1.44 bits per heavy atom. The molecule has 0 aliphatic heterocycles. The van der Waals surface area contributed by atoms with Crippen molar-refractivity contribution in [3.63, 3.8) is 0 Å². The second-order valence-electron chi connectivity index (χ2n) is 4.05. The summed E-state index contributed by atoms with van der Waals surface area (Å²) in [6, 6.07) is 7.45. The van der Waals surface area contributed by atoms with Crippen molar-refractivity contribution in [2.75, 3.05) is 11.9 Å². The van der Waals surface area contributed by atoms with Gasteiger partial charge in [0.15, 0.2) is 0 Å². The van der Waals surface area contributed by atoms with Gasteiger partial charge in [0.1, 0.15) is 12.7 Å². The van der Waals surface area contributed by atoms with E-state index >= 15 is 0 Å². The molecule has 2 aromatic rings. The van der Waals surface area contributed by atoms with Gasteiger partial charge in [0.25, 0.3) is 0 Å². The predicted octanol–water partition coefficient (Wildman–Crippen LogP) is 0.801. The van der Waals surface area contributed by atoms with Gasteiger partial charge in [-0.2, -0.15) is 0 Å². The molecule has 0 radical (unpaired) electrons. The van der Waals surface area contributed by atoms with E-state index in [0.717, 1.165) is 11.4 Å². The number of carbonyl (C=O) groups excluding carboxylic acids is 1. The van der Waals surface area contributed by atoms with Crippen LogP contribution in [0.5, 0.6) is 0 Å². The Bertz CT molecular complexity index is 523. The number of rotatable bonds is 4. The van der Waals surface area contributed by atoms with Gasteiger partial charge in [0.05, 0.1) is 5.69 Å². The molecule has 0 spiro atoms. The fourth-order valence-corrected chi connectivity index (χ4v) is 1.45. The van der Waals surface area contributed by atoms with Gasteiger partial charge < -0.3 is 11.1 Å². The Balaban J connectivity index is 2.16. The number of benzene rings is 1. The van der Waals surface area contributed by atoms with Gasteiger partial charge in [0.2, 0.25) is 5.91 Å². The molecule has 0 aliphatic carbocycles. The molecule has 0 saturated carbocycles. The fourth-order valence-electron chi connectivity index (χ4n) is 1.45. The Labute approximate surface area is 105 Å². The van der Waals surface area contributed by atoms with Gasteiger partial charge in [-0.15, -0.1) is 10.2 Å². The first kappa shape index (κ1) is 12.3. The SMILES string of the molecule is CC(CN)C(=O)Nc1cccc(-n2cnnc2)c1. The molecule has 0 fully saturated rings. The normalized spacial score (nSPS) is 12.1. The summed E-state index contributed by atoms with van der Waals surface area (Å²) >= 11 is 0. The number of nitrogens with one attached hydrogen (secondary N) is 1. The minimum Gasteiger partial charge on any atom is -0.330 e. The number of nitrogens with zero attached hydrogens (tertiary/aromatic N) is 3. The molecule has 1 atom stereocenters. The van der Waals surface area contributed by atoms with Crippen molar-refractivity contribution in [1.82, 2.24) is 14.8 Å². The largest absolute Gasteiger partial charge is 0.330 e. The highest BCUT2D eigenvalue weighted by molar-refractivity contribution is 5.92. The molecule has 0 saturated heterocycles. The van der Waals surface area contributed by atoms with Gasteiger partial charge in [-0.1, -0.05) is 13.0 Å². The summed E-state index contributed by atoms with van der Waals surface area (Å²) in [6.07, 6.45) is 3.20. The maximum Gasteiger partial charge on any atom is 0.228 e. The Morgan fingerprint density at radius 2 is 2.17 bits per heavy atom. The lowest BCUT2D eigenvalue weighted by molar-refractivity contribution is -0.119. The molecule has 94 valence electrons. The molecular weight excluding hydrogens is 230 g/mol. The molecule has 0 bridgehead atoms. The van der Waals surface area contributed by atoms with E-state index in [2.05, 4.69) is 15.5 Å². The molecular formula is C12H15N5O. The second-order valence-corrected chi connectivity index (χ2v) is 4.05. The van der Waals surface area contributed by atoms with Crippen LogP contribution >= 0.6 is 0 Å². The molecule has 6 nitrogen and oxygen atoms in total. The van der Waals surface area contributed by atoms with Crippen LogP contribution in [-0.4, -0.2) is 27.2 Å². The standard InChI is InChI=1S/C12H15N5O/c1-9(6-13)12(18)16-10-3-2-4-11(5-10)17-7-14-15-8-17/h2-5,7-9H,6,13H2,1H3,(H,16,18). The summed E-state index contributed by atoms with van der Waals surface area (Å²) < 4.78 is 1.77. The van der Waals surface area contributed by atoms with E-state index in [1.54, 1.807) is 24.1 Å². The van der Waals surface area contributed by atoms with Crippen LogP contribution in [-0.2, 0) is 4.79 Å². The average Bonchev–Trinajstić information content (AvgIpc) is 2.92. The quantitative estimate of drug-likeness (QED) is 0.834. The molecule has 6 heteroatoms. The van der Waals surface area contributed by atoms with Crippen LogP contribution in [0.25, 0.3) is 5.69 Å². The lowest BCUT2D eigenvalue weighted by Gasteiger charge is -2.11. The van der Waals surface area contributed by atoms with Crippen LogP contribution < -0.4 is 11.1 Å². The second kappa shape index (κ2) is 5.42. The number of nitrogens with two attached hydrogens (primary N) is 1. The molecule has 2 rings (SSSR count). The van der Waals surface area contributed by atoms with Gasteiger partial charge in [-0.25, -0.2) is 0 Å². The van der Waals surface area contributed by atoms with Crippen molar-refractivity contribution in [3.05, 3.63) is 36.9 Å². The summed E-state index contributed by atoms with van der Waals surface area (Å²) in [7, 11) is 0. The van der Waals surface area contributed by atoms with Gasteiger partial charge >= 0.3 is 0 Å². The van der Waals surface area contributed by atoms with Crippen molar-refractivity contribution in [2.24, 2.45) is 11.7 Å². The maximum absolute atomic E-state index is 11.7. The lowest BCUT2D eigenvalue weighted by Crippen LogP contribution is -2.26. The number of aromatic nitrogens is 3. The Morgan fingerprint density at radius 3 is 2.83 bits per heavy atom. The van der Waals surface area contributed by atoms with Crippen molar-refractivity contribution < 1.29 is 4.79 Å². The van der Waals surface area contributed by atoms with Crippen LogP contribution in [0.15, 0.2) is 36.9 Å². The predicted molar refractivity (Wildman–Crippen MR) is 68.2 cm³/mol. The van der Waals surface area contributed by atoms with Crippen LogP contribution in [0.4, 0.5) is 5.69 Å². The topological polar surface area (TPSA) is 85.8 Å². The van der Waals surface area contributed by atoms with E-state index in [-0.39, 0.29) is 11.8 Å². The molecule has 1 amide bonds. The lowest BCUT2D eigenvalue weighted by atomic mass is 10.1. The average molecular weight is 245 g/mol. The maximum atomic E-state index is 11.7. The molecule has 1 aromatic heterocycles. The summed E-state index contributed by atoms with van der Waals surface area (Å²) in [4.78, 5) is 11.7. The van der Waals surface area contributed by atoms with E-state index < -0.39 is 0 Å². The summed E-state index contributed by atoms with van der Waals surface area (Å²) in [5.41, 5.74) is 7.07. The summed E-state index contributed by atoms with van der Waals surface area (Å²) in [5.74, 6) is -0.290. The number of amides is 1. The number of hydrogen-bond acceptors (Lipinski definition) is 4. The van der Waals surface area contributed by atoms with Crippen molar-refractivity contribution in [1.29, 1.82) is 0 Å². The van der Waals surface area contributed by atoms with E-state index in [4.69, 9.17) is 5.73 Å². The van der Waals surface area contributed by atoms with E-state index in [1.807, 2.05) is 24.3 Å². The van der Waals surface area contributed by atoms with Crippen LogP contribution in [0.3, 0.4) is 0 Å². The molecule has 18 heavy (non-hydrogen) atoms. The first-order valence-electron chi connectivity index (χ1n) is 5.66. The number of carbonyl (C=O) groups is 1. The molecule has 3 N–H and O–H groups in total. The van der Waals surface area contributed by atoms with Crippen LogP contribution in [0.1, 0.15) is 6.92 Å². The van der Waals surface area contributed by atoms with E-state index in [1.165, 1.54) is 0 Å². The van der Waals surface area contributed by atoms with Crippen molar-refractivity contribution >= 4 is 11.6 Å². The summed E-state index contributed by atoms with van der Waals surface area (Å²) in [6.45, 7) is 2.12. The first-order valence-corrected chi connectivity index (χ1v) is 5.66. The first-order chi connectivity index (χ1) is 8.70.